The van der Waals surface area contributed by atoms with Gasteiger partial charge in [-0.2, -0.15) is 0 Å². The molecule has 0 aliphatic heterocycles. The normalized spacial score (nSPS) is 10.5. The fourth-order valence-corrected chi connectivity index (χ4v) is 2.16. The summed E-state index contributed by atoms with van der Waals surface area (Å²) in [4.78, 5) is 0. The smallest absolute Gasteiger partial charge is 0.142 e. The second kappa shape index (κ2) is 5.75. The van der Waals surface area contributed by atoms with Gasteiger partial charge >= 0.3 is 0 Å². The average Bonchev–Trinajstić information content (AvgIpc) is 2.93. The molecule has 2 N–H and O–H groups in total. The van der Waals surface area contributed by atoms with E-state index in [1.165, 1.54) is 0 Å². The molecular weight excluding hydrogens is 262 g/mol. The van der Waals surface area contributed by atoms with Crippen molar-refractivity contribution in [2.24, 2.45) is 0 Å². The monoisotopic (exact) mass is 279 g/mol. The van der Waals surface area contributed by atoms with Gasteiger partial charge < -0.3 is 14.9 Å². The minimum absolute atomic E-state index is 0.504. The maximum Gasteiger partial charge on any atom is 0.142 e. The summed E-state index contributed by atoms with van der Waals surface area (Å²) in [6, 6.07) is 19.6. The van der Waals surface area contributed by atoms with E-state index < -0.39 is 0 Å². The van der Waals surface area contributed by atoms with Gasteiger partial charge in [0.1, 0.15) is 23.9 Å². The van der Waals surface area contributed by atoms with E-state index in [1.807, 2.05) is 67.6 Å². The van der Waals surface area contributed by atoms with Crippen molar-refractivity contribution in [1.82, 2.24) is 0 Å². The molecule has 3 nitrogen and oxygen atoms in total. The number of nitrogen functional groups attached to an aromatic ring is 1. The molecule has 3 aromatic rings. The van der Waals surface area contributed by atoms with Crippen molar-refractivity contribution in [3.63, 3.8) is 0 Å². The molecule has 106 valence electrons. The molecule has 0 saturated carbocycles. The molecule has 0 fully saturated rings. The van der Waals surface area contributed by atoms with Crippen molar-refractivity contribution in [3.05, 3.63) is 72.0 Å². The van der Waals surface area contributed by atoms with Crippen LogP contribution in [0.4, 0.5) is 5.69 Å². The Balaban J connectivity index is 1.75. The Morgan fingerprint density at radius 2 is 1.81 bits per heavy atom. The van der Waals surface area contributed by atoms with Crippen molar-refractivity contribution in [3.8, 4) is 17.1 Å². The fourth-order valence-electron chi connectivity index (χ4n) is 2.16. The molecular formula is C18H17NO2. The first kappa shape index (κ1) is 13.3. The molecule has 21 heavy (non-hydrogen) atoms. The average molecular weight is 279 g/mol. The topological polar surface area (TPSA) is 48.4 Å². The van der Waals surface area contributed by atoms with Crippen LogP contribution in [0.2, 0.25) is 0 Å². The van der Waals surface area contributed by atoms with Crippen LogP contribution in [0.1, 0.15) is 11.3 Å². The molecule has 0 atom stereocenters. The van der Waals surface area contributed by atoms with E-state index in [0.717, 1.165) is 22.6 Å². The van der Waals surface area contributed by atoms with Gasteiger partial charge in [-0.05, 0) is 42.8 Å². The minimum Gasteiger partial charge on any atom is -0.487 e. The number of rotatable bonds is 4. The highest BCUT2D eigenvalue weighted by atomic mass is 16.5. The lowest BCUT2D eigenvalue weighted by Crippen LogP contribution is -1.98. The van der Waals surface area contributed by atoms with Crippen LogP contribution in [0.5, 0.6) is 5.75 Å². The highest BCUT2D eigenvalue weighted by Crippen LogP contribution is 2.30. The van der Waals surface area contributed by atoms with Gasteiger partial charge in [0.15, 0.2) is 0 Å². The van der Waals surface area contributed by atoms with Gasteiger partial charge in [-0.15, -0.1) is 0 Å². The molecule has 0 aliphatic rings. The molecule has 0 spiro atoms. The van der Waals surface area contributed by atoms with Crippen LogP contribution < -0.4 is 10.5 Å². The van der Waals surface area contributed by atoms with Crippen molar-refractivity contribution < 1.29 is 9.15 Å². The molecule has 2 aromatic carbocycles. The number of furan rings is 1. The van der Waals surface area contributed by atoms with Crippen molar-refractivity contribution in [2.45, 2.75) is 13.5 Å². The van der Waals surface area contributed by atoms with Crippen LogP contribution in [0.25, 0.3) is 11.3 Å². The number of hydrogen-bond acceptors (Lipinski definition) is 3. The SMILES string of the molecule is Cc1ccc(-c2ccc(OCc3ccccc3)c(N)c2)o1. The number of ether oxygens (including phenoxy) is 1. The summed E-state index contributed by atoms with van der Waals surface area (Å²) in [5.41, 5.74) is 8.74. The van der Waals surface area contributed by atoms with Gasteiger partial charge in [0.25, 0.3) is 0 Å². The predicted octanol–water partition coefficient (Wildman–Crippen LogP) is 4.42. The zero-order valence-electron chi connectivity index (χ0n) is 11.9. The Morgan fingerprint density at radius 3 is 2.48 bits per heavy atom. The summed E-state index contributed by atoms with van der Waals surface area (Å²) in [7, 11) is 0. The fraction of sp³-hybridized carbons (Fsp3) is 0.111. The van der Waals surface area contributed by atoms with Gasteiger partial charge in [-0.25, -0.2) is 0 Å². The Hall–Kier alpha value is -2.68. The van der Waals surface area contributed by atoms with Crippen LogP contribution >= 0.6 is 0 Å². The van der Waals surface area contributed by atoms with Crippen LogP contribution in [0.15, 0.2) is 65.1 Å². The molecule has 0 aliphatic carbocycles. The van der Waals surface area contributed by atoms with Gasteiger partial charge in [0.05, 0.1) is 5.69 Å². The van der Waals surface area contributed by atoms with Crippen molar-refractivity contribution in [1.29, 1.82) is 0 Å². The van der Waals surface area contributed by atoms with Crippen molar-refractivity contribution in [2.75, 3.05) is 5.73 Å². The number of hydrogen-bond donors (Lipinski definition) is 1. The highest BCUT2D eigenvalue weighted by Gasteiger charge is 2.07. The molecule has 0 saturated heterocycles. The maximum absolute atomic E-state index is 6.06. The number of nitrogens with two attached hydrogens (primary N) is 1. The lowest BCUT2D eigenvalue weighted by molar-refractivity contribution is 0.308. The highest BCUT2D eigenvalue weighted by molar-refractivity contribution is 5.67. The minimum atomic E-state index is 0.504. The predicted molar refractivity (Wildman–Crippen MR) is 84.1 cm³/mol. The maximum atomic E-state index is 6.06. The van der Waals surface area contributed by atoms with E-state index in [1.54, 1.807) is 0 Å². The summed E-state index contributed by atoms with van der Waals surface area (Å²) in [5.74, 6) is 2.38. The third kappa shape index (κ3) is 3.08. The van der Waals surface area contributed by atoms with E-state index >= 15 is 0 Å². The molecule has 0 bridgehead atoms. The third-order valence-electron chi connectivity index (χ3n) is 3.27. The number of benzene rings is 2. The second-order valence-electron chi connectivity index (χ2n) is 4.94. The molecule has 3 heteroatoms. The molecule has 3 rings (SSSR count). The van der Waals surface area contributed by atoms with Crippen LogP contribution in [0, 0.1) is 6.92 Å². The molecule has 0 unspecified atom stereocenters. The lowest BCUT2D eigenvalue weighted by Gasteiger charge is -2.10. The first-order chi connectivity index (χ1) is 10.2. The van der Waals surface area contributed by atoms with E-state index in [2.05, 4.69) is 0 Å². The van der Waals surface area contributed by atoms with Gasteiger partial charge in [0.2, 0.25) is 0 Å². The summed E-state index contributed by atoms with van der Waals surface area (Å²) >= 11 is 0. The van der Waals surface area contributed by atoms with Crippen LogP contribution in [0.3, 0.4) is 0 Å². The number of anilines is 1. The zero-order chi connectivity index (χ0) is 14.7. The first-order valence-corrected chi connectivity index (χ1v) is 6.85. The molecule has 1 aromatic heterocycles. The Labute approximate surface area is 124 Å². The molecule has 0 radical (unpaired) electrons. The van der Waals surface area contributed by atoms with Crippen LogP contribution in [-0.4, -0.2) is 0 Å². The number of aryl methyl sites for hydroxylation is 1. The summed E-state index contributed by atoms with van der Waals surface area (Å²) in [6.07, 6.45) is 0. The van der Waals surface area contributed by atoms with Crippen LogP contribution in [-0.2, 0) is 6.61 Å². The second-order valence-corrected chi connectivity index (χ2v) is 4.94. The Bertz CT molecular complexity index is 732. The van der Waals surface area contributed by atoms with Crippen molar-refractivity contribution >= 4 is 5.69 Å². The summed E-state index contributed by atoms with van der Waals surface area (Å²) < 4.78 is 11.4. The largest absolute Gasteiger partial charge is 0.487 e. The summed E-state index contributed by atoms with van der Waals surface area (Å²) in [6.45, 7) is 2.43. The van der Waals surface area contributed by atoms with Gasteiger partial charge in [-0.1, -0.05) is 30.3 Å². The standard InChI is InChI=1S/C18H17NO2/c1-13-7-9-17(21-13)15-8-10-18(16(19)11-15)20-12-14-5-3-2-4-6-14/h2-11H,12,19H2,1H3. The van der Waals surface area contributed by atoms with E-state index in [4.69, 9.17) is 14.9 Å². The zero-order valence-corrected chi connectivity index (χ0v) is 11.9. The Kier molecular flexibility index (Phi) is 3.65. The van der Waals surface area contributed by atoms with E-state index in [9.17, 15) is 0 Å². The molecule has 1 heterocycles. The third-order valence-corrected chi connectivity index (χ3v) is 3.27. The van der Waals surface area contributed by atoms with Gasteiger partial charge in [0, 0.05) is 5.56 Å². The van der Waals surface area contributed by atoms with Gasteiger partial charge in [-0.3, -0.25) is 0 Å². The lowest BCUT2D eigenvalue weighted by atomic mass is 10.1. The molecule has 0 amide bonds. The quantitative estimate of drug-likeness (QED) is 0.719. The Morgan fingerprint density at radius 1 is 1.00 bits per heavy atom. The summed E-state index contributed by atoms with van der Waals surface area (Å²) in [5, 5.41) is 0. The van der Waals surface area contributed by atoms with E-state index in [0.29, 0.717) is 18.0 Å². The van der Waals surface area contributed by atoms with E-state index in [-0.39, 0.29) is 0 Å². The first-order valence-electron chi connectivity index (χ1n) is 6.85.